The fraction of sp³-hybridized carbons (Fsp3) is 0.235. The molecule has 0 aliphatic carbocycles. The van der Waals surface area contributed by atoms with Crippen LogP contribution in [0.5, 0.6) is 0 Å². The molecule has 2 rings (SSSR count). The molecule has 0 amide bonds. The van der Waals surface area contributed by atoms with Gasteiger partial charge in [0, 0.05) is 18.7 Å². The molecule has 0 aromatic heterocycles. The Morgan fingerprint density at radius 2 is 1.75 bits per heavy atom. The Kier molecular flexibility index (Phi) is 4.91. The Bertz CT molecular complexity index is 563. The molecule has 0 aliphatic heterocycles. The number of hydrogen-bond acceptors (Lipinski definition) is 2. The zero-order chi connectivity index (χ0) is 14.4. The molecule has 3 heteroatoms. The Balaban J connectivity index is 1.89. The van der Waals surface area contributed by atoms with Crippen molar-refractivity contribution in [1.29, 1.82) is 5.41 Å². The van der Waals surface area contributed by atoms with Crippen molar-refractivity contribution < 1.29 is 0 Å². The van der Waals surface area contributed by atoms with E-state index in [9.17, 15) is 0 Å². The molecule has 0 bridgehead atoms. The van der Waals surface area contributed by atoms with E-state index in [1.165, 1.54) is 11.1 Å². The van der Waals surface area contributed by atoms with Gasteiger partial charge in [-0.3, -0.25) is 5.41 Å². The van der Waals surface area contributed by atoms with Crippen LogP contribution in [-0.4, -0.2) is 24.3 Å². The maximum Gasteiger partial charge on any atom is 0.122 e. The molecule has 0 saturated carbocycles. The number of amidine groups is 1. The van der Waals surface area contributed by atoms with Crippen molar-refractivity contribution in [3.05, 3.63) is 71.3 Å². The maximum atomic E-state index is 7.47. The van der Waals surface area contributed by atoms with E-state index in [-0.39, 0.29) is 5.84 Å². The third kappa shape index (κ3) is 4.21. The van der Waals surface area contributed by atoms with Gasteiger partial charge in [-0.25, -0.2) is 0 Å². The third-order valence-electron chi connectivity index (χ3n) is 3.32. The second kappa shape index (κ2) is 6.87. The molecule has 3 nitrogen and oxygen atoms in total. The second-order valence-corrected chi connectivity index (χ2v) is 5.09. The largest absolute Gasteiger partial charge is 0.384 e. The highest BCUT2D eigenvalue weighted by atomic mass is 15.1. The molecule has 0 fully saturated rings. The number of nitrogens with two attached hydrogens (primary N) is 1. The van der Waals surface area contributed by atoms with Crippen LogP contribution < -0.4 is 5.73 Å². The van der Waals surface area contributed by atoms with Crippen LogP contribution in [0.4, 0.5) is 0 Å². The molecule has 0 aliphatic rings. The fourth-order valence-corrected chi connectivity index (χ4v) is 2.19. The van der Waals surface area contributed by atoms with E-state index in [1.54, 1.807) is 0 Å². The highest BCUT2D eigenvalue weighted by Crippen LogP contribution is 2.08. The minimum atomic E-state index is 0.124. The highest BCUT2D eigenvalue weighted by Gasteiger charge is 2.03. The van der Waals surface area contributed by atoms with Gasteiger partial charge in [0.2, 0.25) is 0 Å². The first-order valence-corrected chi connectivity index (χ1v) is 6.81. The van der Waals surface area contributed by atoms with Gasteiger partial charge < -0.3 is 10.6 Å². The molecule has 0 saturated heterocycles. The molecule has 3 N–H and O–H groups in total. The average molecular weight is 267 g/mol. The normalized spacial score (nSPS) is 10.7. The predicted octanol–water partition coefficient (Wildman–Crippen LogP) is 2.65. The molecule has 0 atom stereocenters. The van der Waals surface area contributed by atoms with Gasteiger partial charge >= 0.3 is 0 Å². The lowest BCUT2D eigenvalue weighted by atomic mass is 10.1. The first-order chi connectivity index (χ1) is 9.65. The van der Waals surface area contributed by atoms with Crippen molar-refractivity contribution in [2.45, 2.75) is 13.0 Å². The molecule has 0 heterocycles. The van der Waals surface area contributed by atoms with Crippen molar-refractivity contribution in [3.63, 3.8) is 0 Å². The fourth-order valence-electron chi connectivity index (χ4n) is 2.19. The summed E-state index contributed by atoms with van der Waals surface area (Å²) in [5.74, 6) is 0.124. The van der Waals surface area contributed by atoms with E-state index in [0.29, 0.717) is 0 Å². The Labute approximate surface area is 120 Å². The lowest BCUT2D eigenvalue weighted by Gasteiger charge is -2.17. The highest BCUT2D eigenvalue weighted by molar-refractivity contribution is 5.95. The molecule has 2 aromatic carbocycles. The summed E-state index contributed by atoms with van der Waals surface area (Å²) in [5, 5.41) is 7.47. The molecule has 20 heavy (non-hydrogen) atoms. The van der Waals surface area contributed by atoms with E-state index >= 15 is 0 Å². The molecule has 2 aromatic rings. The number of nitrogens with zero attached hydrogens (tertiary/aromatic N) is 1. The molecule has 0 radical (unpaired) electrons. The van der Waals surface area contributed by atoms with Crippen molar-refractivity contribution in [2.75, 3.05) is 13.6 Å². The topological polar surface area (TPSA) is 53.1 Å². The molecule has 104 valence electrons. The lowest BCUT2D eigenvalue weighted by Crippen LogP contribution is -2.21. The van der Waals surface area contributed by atoms with Gasteiger partial charge in [0.25, 0.3) is 0 Å². The van der Waals surface area contributed by atoms with Crippen LogP contribution in [0.3, 0.4) is 0 Å². The van der Waals surface area contributed by atoms with E-state index in [2.05, 4.69) is 42.3 Å². The van der Waals surface area contributed by atoms with E-state index < -0.39 is 0 Å². The first kappa shape index (κ1) is 14.3. The SMILES string of the molecule is CN(CCc1ccccc1)Cc1cccc(C(=N)N)c1. The maximum absolute atomic E-state index is 7.47. The Hall–Kier alpha value is -2.13. The van der Waals surface area contributed by atoms with Crippen molar-refractivity contribution in [2.24, 2.45) is 5.73 Å². The number of likely N-dealkylation sites (N-methyl/N-ethyl adjacent to an activating group) is 1. The van der Waals surface area contributed by atoms with Gasteiger partial charge in [-0.05, 0) is 30.7 Å². The first-order valence-electron chi connectivity index (χ1n) is 6.81. The summed E-state index contributed by atoms with van der Waals surface area (Å²) in [6.45, 7) is 1.88. The van der Waals surface area contributed by atoms with Gasteiger partial charge in [-0.2, -0.15) is 0 Å². The van der Waals surface area contributed by atoms with Crippen molar-refractivity contribution in [3.8, 4) is 0 Å². The summed E-state index contributed by atoms with van der Waals surface area (Å²) in [6.07, 6.45) is 1.05. The van der Waals surface area contributed by atoms with E-state index in [1.807, 2.05) is 24.3 Å². The number of hydrogen-bond donors (Lipinski definition) is 2. The summed E-state index contributed by atoms with van der Waals surface area (Å²) in [7, 11) is 2.11. The molecule has 0 unspecified atom stereocenters. The van der Waals surface area contributed by atoms with Crippen LogP contribution in [0, 0.1) is 5.41 Å². The summed E-state index contributed by atoms with van der Waals surface area (Å²) in [5.41, 5.74) is 8.85. The van der Waals surface area contributed by atoms with Gasteiger partial charge in [0.15, 0.2) is 0 Å². The van der Waals surface area contributed by atoms with Crippen LogP contribution >= 0.6 is 0 Å². The summed E-state index contributed by atoms with van der Waals surface area (Å²) in [4.78, 5) is 2.28. The molecular weight excluding hydrogens is 246 g/mol. The Morgan fingerprint density at radius 1 is 1.05 bits per heavy atom. The second-order valence-electron chi connectivity index (χ2n) is 5.09. The van der Waals surface area contributed by atoms with Gasteiger partial charge in [0.1, 0.15) is 5.84 Å². The monoisotopic (exact) mass is 267 g/mol. The third-order valence-corrected chi connectivity index (χ3v) is 3.32. The molecular formula is C17H21N3. The zero-order valence-corrected chi connectivity index (χ0v) is 11.8. The average Bonchev–Trinajstić information content (AvgIpc) is 2.46. The Morgan fingerprint density at radius 3 is 2.45 bits per heavy atom. The van der Waals surface area contributed by atoms with Crippen LogP contribution in [-0.2, 0) is 13.0 Å². The summed E-state index contributed by atoms with van der Waals surface area (Å²) < 4.78 is 0. The minimum Gasteiger partial charge on any atom is -0.384 e. The van der Waals surface area contributed by atoms with Gasteiger partial charge in [-0.15, -0.1) is 0 Å². The standard InChI is InChI=1S/C17H21N3/c1-20(11-10-14-6-3-2-4-7-14)13-15-8-5-9-16(12-15)17(18)19/h2-9,12H,10-11,13H2,1H3,(H3,18,19). The number of nitrogens with one attached hydrogen (secondary N) is 1. The van der Waals surface area contributed by atoms with Crippen LogP contribution in [0.1, 0.15) is 16.7 Å². The van der Waals surface area contributed by atoms with E-state index in [0.717, 1.165) is 25.1 Å². The predicted molar refractivity (Wildman–Crippen MR) is 83.9 cm³/mol. The lowest BCUT2D eigenvalue weighted by molar-refractivity contribution is 0.331. The number of benzene rings is 2. The summed E-state index contributed by atoms with van der Waals surface area (Å²) in [6, 6.07) is 18.4. The van der Waals surface area contributed by atoms with E-state index in [4.69, 9.17) is 11.1 Å². The van der Waals surface area contributed by atoms with Crippen molar-refractivity contribution in [1.82, 2.24) is 4.90 Å². The number of rotatable bonds is 6. The quantitative estimate of drug-likeness (QED) is 0.624. The minimum absolute atomic E-state index is 0.124. The van der Waals surface area contributed by atoms with Crippen LogP contribution in [0.15, 0.2) is 54.6 Å². The van der Waals surface area contributed by atoms with Crippen LogP contribution in [0.25, 0.3) is 0 Å². The number of nitrogen functional groups attached to an aromatic ring is 1. The van der Waals surface area contributed by atoms with Crippen molar-refractivity contribution >= 4 is 5.84 Å². The van der Waals surface area contributed by atoms with Crippen LogP contribution in [0.2, 0.25) is 0 Å². The smallest absolute Gasteiger partial charge is 0.122 e. The van der Waals surface area contributed by atoms with Gasteiger partial charge in [-0.1, -0.05) is 48.5 Å². The van der Waals surface area contributed by atoms with Gasteiger partial charge in [0.05, 0.1) is 0 Å². The summed E-state index contributed by atoms with van der Waals surface area (Å²) >= 11 is 0. The molecule has 0 spiro atoms. The zero-order valence-electron chi connectivity index (χ0n) is 11.8.